The number of aromatic nitrogens is 2. The van der Waals surface area contributed by atoms with Gasteiger partial charge >= 0.3 is 0 Å². The number of nitrogens with two attached hydrogens (primary N) is 1. The third-order valence-corrected chi connectivity index (χ3v) is 5.93. The Bertz CT molecular complexity index is 1010. The number of carbonyl (C=O) groups excluding carboxylic acids is 3. The van der Waals surface area contributed by atoms with Crippen LogP contribution in [0.2, 0.25) is 5.02 Å². The van der Waals surface area contributed by atoms with Crippen LogP contribution in [0.5, 0.6) is 0 Å². The van der Waals surface area contributed by atoms with Gasteiger partial charge in [0, 0.05) is 12.2 Å². The second-order valence-corrected chi connectivity index (χ2v) is 7.74. The van der Waals surface area contributed by atoms with E-state index in [0.29, 0.717) is 36.4 Å². The molecule has 0 atom stereocenters. The van der Waals surface area contributed by atoms with Crippen LogP contribution in [0.25, 0.3) is 0 Å². The molecule has 0 unspecified atom stereocenters. The number of para-hydroxylation sites is 1. The highest BCUT2D eigenvalue weighted by Crippen LogP contribution is 2.45. The van der Waals surface area contributed by atoms with E-state index in [1.54, 1.807) is 17.2 Å². The zero-order valence-electron chi connectivity index (χ0n) is 15.5. The first-order valence-corrected chi connectivity index (χ1v) is 9.71. The molecule has 0 radical (unpaired) electrons. The molecular weight excluding hydrogens is 394 g/mol. The summed E-state index contributed by atoms with van der Waals surface area (Å²) < 4.78 is 0. The van der Waals surface area contributed by atoms with Crippen molar-refractivity contribution in [3.05, 3.63) is 59.3 Å². The first-order chi connectivity index (χ1) is 13.9. The summed E-state index contributed by atoms with van der Waals surface area (Å²) in [5, 5.41) is 3.42. The maximum Gasteiger partial charge on any atom is 0.270 e. The van der Waals surface area contributed by atoms with Crippen LogP contribution in [-0.2, 0) is 4.79 Å². The molecule has 8 nitrogen and oxygen atoms in total. The number of rotatable bonds is 4. The summed E-state index contributed by atoms with van der Waals surface area (Å²) in [6, 6.07) is 7.13. The Kier molecular flexibility index (Phi) is 4.87. The fraction of sp³-hybridized carbons (Fsp3) is 0.300. The number of carbonyl (C=O) groups is 3. The third kappa shape index (κ3) is 3.40. The Morgan fingerprint density at radius 1 is 1.28 bits per heavy atom. The molecule has 1 aromatic heterocycles. The van der Waals surface area contributed by atoms with Crippen LogP contribution >= 0.6 is 11.6 Å². The molecular formula is C20H20ClN5O3. The molecule has 2 heterocycles. The van der Waals surface area contributed by atoms with Crippen LogP contribution in [0.1, 0.15) is 46.7 Å². The van der Waals surface area contributed by atoms with Crippen molar-refractivity contribution < 1.29 is 14.4 Å². The van der Waals surface area contributed by atoms with Gasteiger partial charge < -0.3 is 16.0 Å². The number of anilines is 1. The van der Waals surface area contributed by atoms with E-state index < -0.39 is 17.2 Å². The van der Waals surface area contributed by atoms with Crippen molar-refractivity contribution in [1.29, 1.82) is 0 Å². The number of amides is 3. The van der Waals surface area contributed by atoms with Crippen LogP contribution in [0, 0.1) is 5.41 Å². The van der Waals surface area contributed by atoms with E-state index in [9.17, 15) is 14.4 Å². The average molecular weight is 414 g/mol. The molecule has 1 aromatic carbocycles. The summed E-state index contributed by atoms with van der Waals surface area (Å²) in [7, 11) is 0. The molecule has 4 rings (SSSR count). The lowest BCUT2D eigenvalue weighted by atomic mass is 9.72. The van der Waals surface area contributed by atoms with E-state index in [4.69, 9.17) is 17.3 Å². The highest BCUT2D eigenvalue weighted by atomic mass is 35.5. The Morgan fingerprint density at radius 2 is 2.00 bits per heavy atom. The molecule has 1 saturated carbocycles. The molecule has 29 heavy (non-hydrogen) atoms. The van der Waals surface area contributed by atoms with Crippen molar-refractivity contribution in [1.82, 2.24) is 15.3 Å². The maximum atomic E-state index is 13.1. The number of imidazole rings is 1. The maximum absolute atomic E-state index is 13.1. The standard InChI is InChI=1S/C20H20ClN5O3/c21-13-3-1-2-4-14(13)26-10-9-20(19(26)29)7-5-12(6-8-20)25-18(28)16-15(17(22)27)23-11-24-16/h1-4,9-12H,5-8H2,(H2,22,27)(H,23,24)(H,25,28). The zero-order chi connectivity index (χ0) is 20.6. The number of primary amides is 1. The van der Waals surface area contributed by atoms with E-state index in [1.165, 1.54) is 6.33 Å². The zero-order valence-corrected chi connectivity index (χ0v) is 16.3. The summed E-state index contributed by atoms with van der Waals surface area (Å²) in [6.07, 6.45) is 7.48. The number of nitrogens with zero attached hydrogens (tertiary/aromatic N) is 2. The average Bonchev–Trinajstić information content (AvgIpc) is 3.31. The van der Waals surface area contributed by atoms with Gasteiger partial charge in [0.15, 0.2) is 5.69 Å². The summed E-state index contributed by atoms with van der Waals surface area (Å²) in [5.74, 6) is -1.19. The molecule has 2 aliphatic rings. The van der Waals surface area contributed by atoms with Gasteiger partial charge in [0.25, 0.3) is 11.8 Å². The fourth-order valence-electron chi connectivity index (χ4n) is 4.00. The van der Waals surface area contributed by atoms with E-state index in [-0.39, 0.29) is 23.3 Å². The van der Waals surface area contributed by atoms with Gasteiger partial charge in [-0.2, -0.15) is 0 Å². The predicted octanol–water partition coefficient (Wildman–Crippen LogP) is 2.38. The van der Waals surface area contributed by atoms with Crippen molar-refractivity contribution in [2.24, 2.45) is 11.1 Å². The van der Waals surface area contributed by atoms with Crippen molar-refractivity contribution in [3.63, 3.8) is 0 Å². The minimum atomic E-state index is -0.764. The number of hydrogen-bond donors (Lipinski definition) is 3. The Morgan fingerprint density at radius 3 is 2.69 bits per heavy atom. The van der Waals surface area contributed by atoms with Gasteiger partial charge in [-0.05, 0) is 37.8 Å². The second-order valence-electron chi connectivity index (χ2n) is 7.34. The van der Waals surface area contributed by atoms with E-state index >= 15 is 0 Å². The third-order valence-electron chi connectivity index (χ3n) is 5.61. The molecule has 150 valence electrons. The smallest absolute Gasteiger partial charge is 0.270 e. The number of nitrogens with one attached hydrogen (secondary N) is 2. The van der Waals surface area contributed by atoms with Crippen LogP contribution in [0.4, 0.5) is 5.69 Å². The molecule has 0 saturated heterocycles. The summed E-state index contributed by atoms with van der Waals surface area (Å²) in [6.45, 7) is 0. The highest BCUT2D eigenvalue weighted by Gasteiger charge is 2.46. The quantitative estimate of drug-likeness (QED) is 0.712. The normalized spacial score (nSPS) is 23.6. The molecule has 2 aromatic rings. The van der Waals surface area contributed by atoms with Crippen LogP contribution in [0.15, 0.2) is 42.9 Å². The highest BCUT2D eigenvalue weighted by molar-refractivity contribution is 6.34. The largest absolute Gasteiger partial charge is 0.364 e. The topological polar surface area (TPSA) is 121 Å². The Hall–Kier alpha value is -3.13. The van der Waals surface area contributed by atoms with Crippen molar-refractivity contribution in [2.75, 3.05) is 4.90 Å². The van der Waals surface area contributed by atoms with Gasteiger partial charge in [-0.25, -0.2) is 4.98 Å². The predicted molar refractivity (Wildman–Crippen MR) is 107 cm³/mol. The molecule has 1 aliphatic heterocycles. The molecule has 1 spiro atoms. The summed E-state index contributed by atoms with van der Waals surface area (Å²) in [4.78, 5) is 45.0. The van der Waals surface area contributed by atoms with E-state index in [1.807, 2.05) is 24.3 Å². The lowest BCUT2D eigenvalue weighted by molar-refractivity contribution is -0.125. The Labute approximate surface area is 172 Å². The number of aromatic amines is 1. The van der Waals surface area contributed by atoms with Gasteiger partial charge in [-0.1, -0.05) is 29.8 Å². The molecule has 1 fully saturated rings. The summed E-state index contributed by atoms with van der Waals surface area (Å²) in [5.41, 5.74) is 5.30. The lowest BCUT2D eigenvalue weighted by Crippen LogP contribution is -2.44. The monoisotopic (exact) mass is 413 g/mol. The van der Waals surface area contributed by atoms with Crippen molar-refractivity contribution >= 4 is 35.0 Å². The van der Waals surface area contributed by atoms with Crippen molar-refractivity contribution in [2.45, 2.75) is 31.7 Å². The SMILES string of the molecule is NC(=O)c1nc[nH]c1C(=O)NC1CCC2(C=CN(c3ccccc3Cl)C2=O)CC1. The van der Waals surface area contributed by atoms with Gasteiger partial charge in [0.05, 0.1) is 22.5 Å². The molecule has 4 N–H and O–H groups in total. The minimum Gasteiger partial charge on any atom is -0.364 e. The van der Waals surface area contributed by atoms with Gasteiger partial charge in [0.1, 0.15) is 5.69 Å². The van der Waals surface area contributed by atoms with Gasteiger partial charge in [-0.15, -0.1) is 0 Å². The van der Waals surface area contributed by atoms with Crippen LogP contribution < -0.4 is 16.0 Å². The lowest BCUT2D eigenvalue weighted by Gasteiger charge is -2.35. The van der Waals surface area contributed by atoms with Crippen molar-refractivity contribution in [3.8, 4) is 0 Å². The number of hydrogen-bond acceptors (Lipinski definition) is 4. The van der Waals surface area contributed by atoms with E-state index in [2.05, 4.69) is 15.3 Å². The molecule has 1 aliphatic carbocycles. The number of benzene rings is 1. The Balaban J connectivity index is 1.41. The minimum absolute atomic E-state index is 0.0000378. The number of halogens is 1. The molecule has 0 bridgehead atoms. The fourth-order valence-corrected chi connectivity index (χ4v) is 4.23. The summed E-state index contributed by atoms with van der Waals surface area (Å²) >= 11 is 6.25. The second kappa shape index (κ2) is 7.36. The van der Waals surface area contributed by atoms with Gasteiger partial charge in [0.2, 0.25) is 5.91 Å². The van der Waals surface area contributed by atoms with E-state index in [0.717, 1.165) is 0 Å². The first-order valence-electron chi connectivity index (χ1n) is 9.33. The first kappa shape index (κ1) is 19.2. The van der Waals surface area contributed by atoms with Gasteiger partial charge in [-0.3, -0.25) is 19.3 Å². The molecule has 9 heteroatoms. The molecule has 3 amide bonds. The van der Waals surface area contributed by atoms with Crippen LogP contribution in [-0.4, -0.2) is 33.7 Å². The van der Waals surface area contributed by atoms with Crippen LogP contribution in [0.3, 0.4) is 0 Å². The number of H-pyrrole nitrogens is 1.